The fourth-order valence-corrected chi connectivity index (χ4v) is 3.58. The number of rotatable bonds is 4. The molecule has 1 fully saturated rings. The molecule has 0 aromatic heterocycles. The van der Waals surface area contributed by atoms with E-state index in [-0.39, 0.29) is 16.3 Å². The van der Waals surface area contributed by atoms with Crippen molar-refractivity contribution in [3.05, 3.63) is 28.8 Å². The van der Waals surface area contributed by atoms with Gasteiger partial charge in [-0.05, 0) is 31.0 Å². The molecule has 1 saturated heterocycles. The smallest absolute Gasteiger partial charge is 0.337 e. The van der Waals surface area contributed by atoms with Crippen molar-refractivity contribution in [2.45, 2.75) is 19.3 Å². The Morgan fingerprint density at radius 3 is 2.50 bits per heavy atom. The van der Waals surface area contributed by atoms with Crippen LogP contribution in [0.3, 0.4) is 0 Å². The summed E-state index contributed by atoms with van der Waals surface area (Å²) in [5, 5.41) is 9.34. The van der Waals surface area contributed by atoms with Crippen molar-refractivity contribution >= 4 is 33.5 Å². The summed E-state index contributed by atoms with van der Waals surface area (Å²) in [5.41, 5.74) is -0.148. The van der Waals surface area contributed by atoms with E-state index in [0.717, 1.165) is 19.3 Å². The van der Waals surface area contributed by atoms with Crippen LogP contribution in [0, 0.1) is 0 Å². The Hall–Kier alpha value is -1.31. The fraction of sp³-hybridized carbons (Fsp3) is 0.417. The number of piperidine rings is 1. The summed E-state index contributed by atoms with van der Waals surface area (Å²) in [6.45, 7) is 0.886. The zero-order chi connectivity index (χ0) is 14.8. The molecule has 6 nitrogen and oxygen atoms in total. The van der Waals surface area contributed by atoms with Gasteiger partial charge in [0, 0.05) is 18.1 Å². The average molecular weight is 319 g/mol. The summed E-state index contributed by atoms with van der Waals surface area (Å²) >= 11 is 5.79. The molecule has 110 valence electrons. The molecule has 20 heavy (non-hydrogen) atoms. The number of halogens is 1. The molecule has 0 radical (unpaired) electrons. The Labute approximate surface area is 122 Å². The molecule has 1 aliphatic rings. The molecule has 0 amide bonds. The third-order valence-corrected chi connectivity index (χ3v) is 4.86. The summed E-state index contributed by atoms with van der Waals surface area (Å²) in [4.78, 5) is 11.1. The lowest BCUT2D eigenvalue weighted by atomic mass is 10.2. The first-order chi connectivity index (χ1) is 9.40. The van der Waals surface area contributed by atoms with Gasteiger partial charge in [0.25, 0.3) is 0 Å². The van der Waals surface area contributed by atoms with Gasteiger partial charge in [0.05, 0.1) is 11.3 Å². The molecule has 2 rings (SSSR count). The minimum Gasteiger partial charge on any atom is -0.478 e. The molecule has 0 bridgehead atoms. The Kier molecular flexibility index (Phi) is 4.52. The second kappa shape index (κ2) is 5.99. The van der Waals surface area contributed by atoms with Gasteiger partial charge in [-0.2, -0.15) is 12.7 Å². The predicted molar refractivity (Wildman–Crippen MR) is 76.4 cm³/mol. The van der Waals surface area contributed by atoms with Crippen molar-refractivity contribution in [2.24, 2.45) is 0 Å². The van der Waals surface area contributed by atoms with Crippen LogP contribution in [-0.2, 0) is 10.2 Å². The maximum atomic E-state index is 12.2. The number of carbonyl (C=O) groups is 1. The zero-order valence-electron chi connectivity index (χ0n) is 10.7. The molecule has 1 aromatic carbocycles. The molecule has 0 unspecified atom stereocenters. The van der Waals surface area contributed by atoms with E-state index in [2.05, 4.69) is 4.72 Å². The molecule has 1 heterocycles. The Bertz CT molecular complexity index is 612. The van der Waals surface area contributed by atoms with Crippen molar-refractivity contribution in [3.63, 3.8) is 0 Å². The topological polar surface area (TPSA) is 86.7 Å². The lowest BCUT2D eigenvalue weighted by Crippen LogP contribution is -2.39. The van der Waals surface area contributed by atoms with E-state index < -0.39 is 16.2 Å². The van der Waals surface area contributed by atoms with Crippen LogP contribution in [0.1, 0.15) is 29.6 Å². The van der Waals surface area contributed by atoms with Crippen LogP contribution < -0.4 is 4.72 Å². The van der Waals surface area contributed by atoms with Gasteiger partial charge < -0.3 is 5.11 Å². The third-order valence-electron chi connectivity index (χ3n) is 3.11. The maximum Gasteiger partial charge on any atom is 0.337 e. The normalized spacial score (nSPS) is 16.9. The number of nitrogens with zero attached hydrogens (tertiary/aromatic N) is 1. The average Bonchev–Trinajstić information content (AvgIpc) is 2.39. The van der Waals surface area contributed by atoms with Gasteiger partial charge in [-0.1, -0.05) is 18.0 Å². The van der Waals surface area contributed by atoms with E-state index in [1.807, 2.05) is 0 Å². The van der Waals surface area contributed by atoms with Crippen LogP contribution in [-0.4, -0.2) is 36.9 Å². The van der Waals surface area contributed by atoms with Crippen LogP contribution >= 0.6 is 11.6 Å². The number of anilines is 1. The minimum atomic E-state index is -3.75. The van der Waals surface area contributed by atoms with Gasteiger partial charge in [-0.25, -0.2) is 4.79 Å². The van der Waals surface area contributed by atoms with Gasteiger partial charge in [0.2, 0.25) is 0 Å². The van der Waals surface area contributed by atoms with E-state index in [9.17, 15) is 13.2 Å². The minimum absolute atomic E-state index is 0.0180. The summed E-state index contributed by atoms with van der Waals surface area (Å²) in [6.07, 6.45) is 2.62. The Morgan fingerprint density at radius 1 is 1.25 bits per heavy atom. The molecule has 8 heteroatoms. The highest BCUT2D eigenvalue weighted by molar-refractivity contribution is 7.90. The van der Waals surface area contributed by atoms with Crippen LogP contribution in [0.15, 0.2) is 18.2 Å². The van der Waals surface area contributed by atoms with Crippen molar-refractivity contribution in [3.8, 4) is 0 Å². The molecule has 0 saturated carbocycles. The first-order valence-electron chi connectivity index (χ1n) is 6.21. The summed E-state index contributed by atoms with van der Waals surface area (Å²) in [5.74, 6) is -1.21. The molecule has 1 aromatic rings. The number of hydrogen-bond donors (Lipinski definition) is 2. The number of carboxylic acid groups (broad SMARTS) is 1. The van der Waals surface area contributed by atoms with Crippen molar-refractivity contribution in [1.29, 1.82) is 0 Å². The van der Waals surface area contributed by atoms with Crippen molar-refractivity contribution in [2.75, 3.05) is 17.8 Å². The van der Waals surface area contributed by atoms with Crippen LogP contribution in [0.25, 0.3) is 0 Å². The second-order valence-electron chi connectivity index (χ2n) is 4.56. The van der Waals surface area contributed by atoms with E-state index >= 15 is 0 Å². The molecular formula is C12H15ClN2O4S. The van der Waals surface area contributed by atoms with E-state index in [0.29, 0.717) is 13.1 Å². The largest absolute Gasteiger partial charge is 0.478 e. The lowest BCUT2D eigenvalue weighted by Gasteiger charge is -2.26. The molecular weight excluding hydrogens is 304 g/mol. The van der Waals surface area contributed by atoms with Crippen molar-refractivity contribution in [1.82, 2.24) is 4.31 Å². The molecule has 1 aliphatic heterocycles. The predicted octanol–water partition coefficient (Wildman–Crippen LogP) is 2.18. The van der Waals surface area contributed by atoms with Gasteiger partial charge in [-0.15, -0.1) is 0 Å². The highest BCUT2D eigenvalue weighted by atomic mass is 35.5. The Balaban J connectivity index is 2.28. The van der Waals surface area contributed by atoms with Crippen LogP contribution in [0.4, 0.5) is 5.69 Å². The molecule has 0 spiro atoms. The second-order valence-corrected chi connectivity index (χ2v) is 6.67. The number of carboxylic acids is 1. The summed E-state index contributed by atoms with van der Waals surface area (Å²) in [6, 6.07) is 3.98. The Morgan fingerprint density at radius 2 is 1.90 bits per heavy atom. The van der Waals surface area contributed by atoms with Gasteiger partial charge in [-0.3, -0.25) is 4.72 Å². The maximum absolute atomic E-state index is 12.2. The fourth-order valence-electron chi connectivity index (χ4n) is 2.10. The first-order valence-corrected chi connectivity index (χ1v) is 8.03. The van der Waals surface area contributed by atoms with E-state index in [1.54, 1.807) is 0 Å². The standard InChI is InChI=1S/C12H15ClN2O4S/c13-9-4-5-10(12(16)17)11(8-9)14-20(18,19)15-6-2-1-3-7-15/h4-5,8,14H,1-3,6-7H2,(H,16,17). The quantitative estimate of drug-likeness (QED) is 0.890. The zero-order valence-corrected chi connectivity index (χ0v) is 12.2. The van der Waals surface area contributed by atoms with Gasteiger partial charge in [0.1, 0.15) is 0 Å². The van der Waals surface area contributed by atoms with Crippen molar-refractivity contribution < 1.29 is 18.3 Å². The summed E-state index contributed by atoms with van der Waals surface area (Å²) in [7, 11) is -3.75. The van der Waals surface area contributed by atoms with E-state index in [4.69, 9.17) is 16.7 Å². The highest BCUT2D eigenvalue weighted by Gasteiger charge is 2.25. The number of benzene rings is 1. The molecule has 0 aliphatic carbocycles. The monoisotopic (exact) mass is 318 g/mol. The SMILES string of the molecule is O=C(O)c1ccc(Cl)cc1NS(=O)(=O)N1CCCCC1. The van der Waals surface area contributed by atoms with Gasteiger partial charge >= 0.3 is 16.2 Å². The molecule has 0 atom stereocenters. The first kappa shape index (κ1) is 15.1. The molecule has 2 N–H and O–H groups in total. The number of aromatic carboxylic acids is 1. The summed E-state index contributed by atoms with van der Waals surface area (Å²) < 4.78 is 28.1. The number of nitrogens with one attached hydrogen (secondary N) is 1. The third kappa shape index (κ3) is 3.41. The van der Waals surface area contributed by atoms with Crippen LogP contribution in [0.2, 0.25) is 5.02 Å². The van der Waals surface area contributed by atoms with E-state index in [1.165, 1.54) is 22.5 Å². The number of hydrogen-bond acceptors (Lipinski definition) is 3. The highest BCUT2D eigenvalue weighted by Crippen LogP contribution is 2.24. The van der Waals surface area contributed by atoms with Gasteiger partial charge in [0.15, 0.2) is 0 Å². The van der Waals surface area contributed by atoms with Crippen LogP contribution in [0.5, 0.6) is 0 Å². The lowest BCUT2D eigenvalue weighted by molar-refractivity contribution is 0.0698.